The van der Waals surface area contributed by atoms with E-state index in [0.29, 0.717) is 11.1 Å². The number of hydrogen-bond donors (Lipinski definition) is 0. The average Bonchev–Trinajstić information content (AvgIpc) is 2.11. The quantitative estimate of drug-likeness (QED) is 0.801. The first-order valence-corrected chi connectivity index (χ1v) is 4.35. The molecule has 0 atom stereocenters. The van der Waals surface area contributed by atoms with Crippen LogP contribution in [0.5, 0.6) is 0 Å². The molecule has 1 aromatic rings. The van der Waals surface area contributed by atoms with Crippen molar-refractivity contribution in [2.75, 3.05) is 7.11 Å². The van der Waals surface area contributed by atoms with Gasteiger partial charge in [0.2, 0.25) is 0 Å². The van der Waals surface area contributed by atoms with E-state index in [1.807, 2.05) is 0 Å². The van der Waals surface area contributed by atoms with Gasteiger partial charge in [-0.05, 0) is 33.6 Å². The van der Waals surface area contributed by atoms with Crippen LogP contribution in [-0.4, -0.2) is 7.11 Å². The summed E-state index contributed by atoms with van der Waals surface area (Å²) < 4.78 is 18.3. The third-order valence-corrected chi connectivity index (χ3v) is 2.10. The fourth-order valence-electron chi connectivity index (χ4n) is 0.977. The first-order valence-electron chi connectivity index (χ1n) is 3.56. The predicted octanol–water partition coefficient (Wildman–Crippen LogP) is 2.61. The van der Waals surface area contributed by atoms with Gasteiger partial charge in [-0.3, -0.25) is 0 Å². The standard InChI is InChI=1S/C9H7BrFNO/c1-13-5-6-2-7(4-12)9(11)8(10)3-6/h2-3H,5H2,1H3. The van der Waals surface area contributed by atoms with Crippen LogP contribution in [0, 0.1) is 17.1 Å². The number of nitriles is 1. The van der Waals surface area contributed by atoms with Crippen LogP contribution in [0.2, 0.25) is 0 Å². The second kappa shape index (κ2) is 4.35. The van der Waals surface area contributed by atoms with Crippen molar-refractivity contribution in [1.29, 1.82) is 5.26 Å². The Morgan fingerprint density at radius 3 is 2.85 bits per heavy atom. The monoisotopic (exact) mass is 243 g/mol. The summed E-state index contributed by atoms with van der Waals surface area (Å²) in [5.41, 5.74) is 0.800. The fourth-order valence-corrected chi connectivity index (χ4v) is 1.48. The first-order chi connectivity index (χ1) is 6.19. The molecule has 0 aliphatic carbocycles. The lowest BCUT2D eigenvalue weighted by Gasteiger charge is -2.02. The van der Waals surface area contributed by atoms with E-state index in [2.05, 4.69) is 15.9 Å². The van der Waals surface area contributed by atoms with Gasteiger partial charge in [0, 0.05) is 7.11 Å². The molecule has 2 nitrogen and oxygen atoms in total. The molecule has 13 heavy (non-hydrogen) atoms. The molecule has 0 bridgehead atoms. The van der Waals surface area contributed by atoms with Crippen molar-refractivity contribution in [3.8, 4) is 6.07 Å². The van der Waals surface area contributed by atoms with E-state index in [-0.39, 0.29) is 5.56 Å². The Morgan fingerprint density at radius 1 is 1.62 bits per heavy atom. The lowest BCUT2D eigenvalue weighted by Crippen LogP contribution is -1.92. The molecule has 0 radical (unpaired) electrons. The minimum atomic E-state index is -0.526. The predicted molar refractivity (Wildman–Crippen MR) is 49.5 cm³/mol. The zero-order valence-electron chi connectivity index (χ0n) is 6.97. The number of nitrogens with zero attached hydrogens (tertiary/aromatic N) is 1. The summed E-state index contributed by atoms with van der Waals surface area (Å²) in [6.45, 7) is 0.369. The number of ether oxygens (including phenoxy) is 1. The van der Waals surface area contributed by atoms with Gasteiger partial charge in [0.25, 0.3) is 0 Å². The number of halogens is 2. The largest absolute Gasteiger partial charge is 0.380 e. The van der Waals surface area contributed by atoms with Crippen LogP contribution < -0.4 is 0 Å². The van der Waals surface area contributed by atoms with Gasteiger partial charge in [0.15, 0.2) is 5.82 Å². The van der Waals surface area contributed by atoms with Crippen LogP contribution in [0.4, 0.5) is 4.39 Å². The zero-order chi connectivity index (χ0) is 9.84. The summed E-state index contributed by atoms with van der Waals surface area (Å²) in [6.07, 6.45) is 0. The summed E-state index contributed by atoms with van der Waals surface area (Å²) in [5, 5.41) is 8.58. The van der Waals surface area contributed by atoms with Crippen molar-refractivity contribution >= 4 is 15.9 Å². The van der Waals surface area contributed by atoms with E-state index in [4.69, 9.17) is 10.00 Å². The molecule has 0 heterocycles. The molecule has 0 spiro atoms. The van der Waals surface area contributed by atoms with Crippen molar-refractivity contribution in [3.63, 3.8) is 0 Å². The third-order valence-electron chi connectivity index (χ3n) is 1.52. The highest BCUT2D eigenvalue weighted by atomic mass is 79.9. The van der Waals surface area contributed by atoms with Crippen LogP contribution >= 0.6 is 15.9 Å². The topological polar surface area (TPSA) is 33.0 Å². The van der Waals surface area contributed by atoms with Crippen molar-refractivity contribution in [1.82, 2.24) is 0 Å². The Labute approximate surface area is 84.1 Å². The molecule has 4 heteroatoms. The summed E-state index contributed by atoms with van der Waals surface area (Å²) in [7, 11) is 1.54. The lowest BCUT2D eigenvalue weighted by molar-refractivity contribution is 0.184. The molecule has 0 aromatic heterocycles. The zero-order valence-corrected chi connectivity index (χ0v) is 8.56. The van der Waals surface area contributed by atoms with Gasteiger partial charge < -0.3 is 4.74 Å². The number of benzene rings is 1. The molecule has 0 aliphatic rings. The van der Waals surface area contributed by atoms with E-state index in [1.54, 1.807) is 19.2 Å². The van der Waals surface area contributed by atoms with Crippen molar-refractivity contribution < 1.29 is 9.13 Å². The van der Waals surface area contributed by atoms with Gasteiger partial charge in [-0.15, -0.1) is 0 Å². The molecule has 0 aliphatic heterocycles. The smallest absolute Gasteiger partial charge is 0.155 e. The molecule has 1 aromatic carbocycles. The Balaban J connectivity index is 3.16. The van der Waals surface area contributed by atoms with Gasteiger partial charge in [-0.2, -0.15) is 5.26 Å². The van der Waals surface area contributed by atoms with Crippen LogP contribution in [0.3, 0.4) is 0 Å². The molecule has 0 N–H and O–H groups in total. The van der Waals surface area contributed by atoms with E-state index >= 15 is 0 Å². The van der Waals surface area contributed by atoms with Crippen LogP contribution in [0.25, 0.3) is 0 Å². The van der Waals surface area contributed by atoms with Crippen LogP contribution in [0.1, 0.15) is 11.1 Å². The summed E-state index contributed by atoms with van der Waals surface area (Å²) in [6, 6.07) is 4.85. The van der Waals surface area contributed by atoms with Crippen LogP contribution in [-0.2, 0) is 11.3 Å². The lowest BCUT2D eigenvalue weighted by atomic mass is 10.1. The van der Waals surface area contributed by atoms with Crippen molar-refractivity contribution in [3.05, 3.63) is 33.5 Å². The second-order valence-electron chi connectivity index (χ2n) is 2.48. The molecule has 0 fully saturated rings. The van der Waals surface area contributed by atoms with Gasteiger partial charge in [0.1, 0.15) is 6.07 Å². The SMILES string of the molecule is COCc1cc(Br)c(F)c(C#N)c1. The molecule has 1 rings (SSSR count). The highest BCUT2D eigenvalue weighted by Gasteiger charge is 2.07. The Hall–Kier alpha value is -0.920. The number of rotatable bonds is 2. The van der Waals surface area contributed by atoms with E-state index in [1.165, 1.54) is 6.07 Å². The van der Waals surface area contributed by atoms with E-state index in [9.17, 15) is 4.39 Å². The Morgan fingerprint density at radius 2 is 2.31 bits per heavy atom. The molecular formula is C9H7BrFNO. The van der Waals surface area contributed by atoms with E-state index < -0.39 is 5.82 Å². The van der Waals surface area contributed by atoms with E-state index in [0.717, 1.165) is 5.56 Å². The van der Waals surface area contributed by atoms with Crippen molar-refractivity contribution in [2.24, 2.45) is 0 Å². The second-order valence-corrected chi connectivity index (χ2v) is 3.34. The average molecular weight is 244 g/mol. The molecule has 68 valence electrons. The first kappa shape index (κ1) is 10.2. The van der Waals surface area contributed by atoms with Crippen LogP contribution in [0.15, 0.2) is 16.6 Å². The van der Waals surface area contributed by atoms with Gasteiger partial charge in [0.05, 0.1) is 16.6 Å². The normalized spacial score (nSPS) is 9.69. The summed E-state index contributed by atoms with van der Waals surface area (Å²) in [4.78, 5) is 0. The van der Waals surface area contributed by atoms with Gasteiger partial charge in [-0.25, -0.2) is 4.39 Å². The minimum absolute atomic E-state index is 0.0291. The third kappa shape index (κ3) is 2.27. The molecule has 0 saturated heterocycles. The summed E-state index contributed by atoms with van der Waals surface area (Å²) in [5.74, 6) is -0.526. The maximum atomic E-state index is 13.1. The molecular weight excluding hydrogens is 237 g/mol. The fraction of sp³-hybridized carbons (Fsp3) is 0.222. The highest BCUT2D eigenvalue weighted by Crippen LogP contribution is 2.21. The maximum Gasteiger partial charge on any atom is 0.155 e. The van der Waals surface area contributed by atoms with Crippen molar-refractivity contribution in [2.45, 2.75) is 6.61 Å². The summed E-state index contributed by atoms with van der Waals surface area (Å²) >= 11 is 3.03. The maximum absolute atomic E-state index is 13.1. The van der Waals surface area contributed by atoms with Gasteiger partial charge in [-0.1, -0.05) is 0 Å². The van der Waals surface area contributed by atoms with Gasteiger partial charge >= 0.3 is 0 Å². The minimum Gasteiger partial charge on any atom is -0.380 e. The molecule has 0 saturated carbocycles. The number of methoxy groups -OCH3 is 1. The Bertz CT molecular complexity index is 359. The number of hydrogen-bond acceptors (Lipinski definition) is 2. The Kier molecular flexibility index (Phi) is 3.40. The molecule has 0 amide bonds. The molecule has 0 unspecified atom stereocenters. The highest BCUT2D eigenvalue weighted by molar-refractivity contribution is 9.10.